The van der Waals surface area contributed by atoms with Crippen LogP contribution in [0.2, 0.25) is 0 Å². The fourth-order valence-corrected chi connectivity index (χ4v) is 1.13. The van der Waals surface area contributed by atoms with Gasteiger partial charge >= 0.3 is 0 Å². The van der Waals surface area contributed by atoms with Crippen molar-refractivity contribution in [2.75, 3.05) is 40.5 Å². The number of methoxy groups -OCH3 is 1. The topological polar surface area (TPSA) is 36.9 Å². The molecule has 1 saturated heterocycles. The summed E-state index contributed by atoms with van der Waals surface area (Å²) in [4.78, 5) is 0. The molecule has 0 aromatic rings. The molecule has 4 nitrogen and oxygen atoms in total. The highest BCUT2D eigenvalue weighted by atomic mass is 16.7. The van der Waals surface area contributed by atoms with Gasteiger partial charge in [0.15, 0.2) is 0 Å². The van der Waals surface area contributed by atoms with Gasteiger partial charge in [0.1, 0.15) is 13.6 Å². The molecule has 0 unspecified atom stereocenters. The molecule has 0 atom stereocenters. The van der Waals surface area contributed by atoms with Crippen molar-refractivity contribution in [3.05, 3.63) is 0 Å². The molecule has 0 spiro atoms. The van der Waals surface area contributed by atoms with Crippen LogP contribution in [0.3, 0.4) is 0 Å². The van der Waals surface area contributed by atoms with E-state index in [1.165, 1.54) is 0 Å². The van der Waals surface area contributed by atoms with Crippen LogP contribution in [0.4, 0.5) is 0 Å². The highest BCUT2D eigenvalue weighted by molar-refractivity contribution is 4.74. The molecule has 12 heavy (non-hydrogen) atoms. The molecule has 72 valence electrons. The predicted octanol–water partition coefficient (Wildman–Crippen LogP) is 0.617. The van der Waals surface area contributed by atoms with E-state index in [2.05, 4.69) is 6.92 Å². The number of rotatable bonds is 4. The van der Waals surface area contributed by atoms with Gasteiger partial charge in [0.25, 0.3) is 0 Å². The van der Waals surface area contributed by atoms with Gasteiger partial charge in [-0.1, -0.05) is 6.92 Å². The first-order valence-corrected chi connectivity index (χ1v) is 3.99. The summed E-state index contributed by atoms with van der Waals surface area (Å²) in [7, 11) is 1.61. The van der Waals surface area contributed by atoms with Crippen molar-refractivity contribution >= 4 is 0 Å². The van der Waals surface area contributed by atoms with Crippen LogP contribution in [0.1, 0.15) is 6.92 Å². The molecule has 1 rings (SSSR count). The summed E-state index contributed by atoms with van der Waals surface area (Å²) in [5.41, 5.74) is -0.0171. The van der Waals surface area contributed by atoms with Crippen molar-refractivity contribution in [2.24, 2.45) is 5.41 Å². The number of hydrogen-bond acceptors (Lipinski definition) is 4. The van der Waals surface area contributed by atoms with E-state index >= 15 is 0 Å². The Morgan fingerprint density at radius 3 is 2.58 bits per heavy atom. The Kier molecular flexibility index (Phi) is 3.94. The summed E-state index contributed by atoms with van der Waals surface area (Å²) in [6.07, 6.45) is 0. The third-order valence-corrected chi connectivity index (χ3v) is 1.72. The van der Waals surface area contributed by atoms with Crippen molar-refractivity contribution in [3.63, 3.8) is 0 Å². The van der Waals surface area contributed by atoms with E-state index in [0.29, 0.717) is 33.4 Å². The van der Waals surface area contributed by atoms with Crippen LogP contribution in [0, 0.1) is 5.41 Å². The van der Waals surface area contributed by atoms with E-state index < -0.39 is 0 Å². The Bertz CT molecular complexity index is 120. The van der Waals surface area contributed by atoms with Gasteiger partial charge in [-0.2, -0.15) is 0 Å². The molecule has 0 N–H and O–H groups in total. The normalized spacial score (nSPS) is 22.5. The third-order valence-electron chi connectivity index (χ3n) is 1.72. The Labute approximate surface area is 72.7 Å². The second-order valence-corrected chi connectivity index (χ2v) is 3.38. The SMILES string of the molecule is COCOCC1(C)COCOC1. The smallest absolute Gasteiger partial charge is 0.146 e. The lowest BCUT2D eigenvalue weighted by Gasteiger charge is -2.32. The van der Waals surface area contributed by atoms with E-state index in [1.807, 2.05) is 0 Å². The lowest BCUT2D eigenvalue weighted by Crippen LogP contribution is -2.38. The van der Waals surface area contributed by atoms with E-state index in [1.54, 1.807) is 7.11 Å². The second kappa shape index (κ2) is 4.77. The zero-order valence-electron chi connectivity index (χ0n) is 7.67. The van der Waals surface area contributed by atoms with Gasteiger partial charge < -0.3 is 18.9 Å². The van der Waals surface area contributed by atoms with Crippen LogP contribution in [0.25, 0.3) is 0 Å². The Morgan fingerprint density at radius 1 is 1.33 bits per heavy atom. The average Bonchev–Trinajstić information content (AvgIpc) is 2.06. The number of ether oxygens (including phenoxy) is 4. The van der Waals surface area contributed by atoms with Crippen molar-refractivity contribution in [3.8, 4) is 0 Å². The third kappa shape index (κ3) is 3.06. The zero-order valence-corrected chi connectivity index (χ0v) is 7.67. The first-order chi connectivity index (χ1) is 5.77. The summed E-state index contributed by atoms with van der Waals surface area (Å²) in [6, 6.07) is 0. The second-order valence-electron chi connectivity index (χ2n) is 3.38. The quantitative estimate of drug-likeness (QED) is 0.464. The molecule has 1 aliphatic heterocycles. The maximum Gasteiger partial charge on any atom is 0.146 e. The Balaban J connectivity index is 2.17. The maximum absolute atomic E-state index is 5.24. The Hall–Kier alpha value is -0.160. The molecule has 1 aliphatic rings. The molecule has 0 bridgehead atoms. The first-order valence-electron chi connectivity index (χ1n) is 3.99. The summed E-state index contributed by atoms with van der Waals surface area (Å²) in [5.74, 6) is 0. The minimum atomic E-state index is -0.0171. The molecule has 1 heterocycles. The summed E-state index contributed by atoms with van der Waals surface area (Å²) >= 11 is 0. The van der Waals surface area contributed by atoms with Crippen molar-refractivity contribution < 1.29 is 18.9 Å². The van der Waals surface area contributed by atoms with Crippen LogP contribution in [0.15, 0.2) is 0 Å². The van der Waals surface area contributed by atoms with Crippen LogP contribution in [-0.4, -0.2) is 40.5 Å². The minimum Gasteiger partial charge on any atom is -0.359 e. The van der Waals surface area contributed by atoms with Gasteiger partial charge in [-0.25, -0.2) is 0 Å². The predicted molar refractivity (Wildman–Crippen MR) is 42.7 cm³/mol. The zero-order chi connectivity index (χ0) is 8.86. The molecule has 0 saturated carbocycles. The van der Waals surface area contributed by atoms with Crippen LogP contribution in [-0.2, 0) is 18.9 Å². The standard InChI is InChI=1S/C8H16O4/c1-8(3-10-6-9-2)4-11-7-12-5-8/h3-7H2,1-2H3. The molecule has 0 aromatic carbocycles. The number of hydrogen-bond donors (Lipinski definition) is 0. The van der Waals surface area contributed by atoms with E-state index in [0.717, 1.165) is 0 Å². The van der Waals surface area contributed by atoms with Crippen molar-refractivity contribution in [2.45, 2.75) is 6.92 Å². The van der Waals surface area contributed by atoms with Crippen LogP contribution >= 0.6 is 0 Å². The molecular weight excluding hydrogens is 160 g/mol. The lowest BCUT2D eigenvalue weighted by atomic mass is 9.94. The van der Waals surface area contributed by atoms with Gasteiger partial charge in [0.05, 0.1) is 19.8 Å². The maximum atomic E-state index is 5.24. The molecule has 0 radical (unpaired) electrons. The van der Waals surface area contributed by atoms with Gasteiger partial charge in [-0.15, -0.1) is 0 Å². The minimum absolute atomic E-state index is 0.0171. The molecule has 0 aromatic heterocycles. The Morgan fingerprint density at radius 2 is 2.00 bits per heavy atom. The highest BCUT2D eigenvalue weighted by Gasteiger charge is 2.28. The summed E-state index contributed by atoms with van der Waals surface area (Å²) in [6.45, 7) is 4.80. The van der Waals surface area contributed by atoms with E-state index in [4.69, 9.17) is 18.9 Å². The van der Waals surface area contributed by atoms with Gasteiger partial charge in [-0.3, -0.25) is 0 Å². The van der Waals surface area contributed by atoms with E-state index in [9.17, 15) is 0 Å². The highest BCUT2D eigenvalue weighted by Crippen LogP contribution is 2.21. The largest absolute Gasteiger partial charge is 0.359 e. The first kappa shape index (κ1) is 9.92. The van der Waals surface area contributed by atoms with Crippen molar-refractivity contribution in [1.82, 2.24) is 0 Å². The molecule has 4 heteroatoms. The summed E-state index contributed by atoms with van der Waals surface area (Å²) in [5, 5.41) is 0. The molecule has 1 fully saturated rings. The van der Waals surface area contributed by atoms with Crippen LogP contribution in [0.5, 0.6) is 0 Å². The fourth-order valence-electron chi connectivity index (χ4n) is 1.13. The van der Waals surface area contributed by atoms with Crippen molar-refractivity contribution in [1.29, 1.82) is 0 Å². The monoisotopic (exact) mass is 176 g/mol. The van der Waals surface area contributed by atoms with Gasteiger partial charge in [0.2, 0.25) is 0 Å². The molecule has 0 amide bonds. The molecular formula is C8H16O4. The van der Waals surface area contributed by atoms with Gasteiger partial charge in [0, 0.05) is 12.5 Å². The summed E-state index contributed by atoms with van der Waals surface area (Å²) < 4.78 is 20.4. The van der Waals surface area contributed by atoms with Gasteiger partial charge in [-0.05, 0) is 0 Å². The van der Waals surface area contributed by atoms with Crippen LogP contribution < -0.4 is 0 Å². The molecule has 0 aliphatic carbocycles. The average molecular weight is 176 g/mol. The van der Waals surface area contributed by atoms with E-state index in [-0.39, 0.29) is 5.41 Å². The lowest BCUT2D eigenvalue weighted by molar-refractivity contribution is -0.184. The fraction of sp³-hybridized carbons (Fsp3) is 1.00.